The SMILES string of the molecule is C[C@@]1(C(=O)OCC(=O)NNC(=O)[C@@H]2COc3ccccc3O2)CC1(Cl)Cl. The van der Waals surface area contributed by atoms with Crippen molar-refractivity contribution in [2.45, 2.75) is 23.8 Å². The lowest BCUT2D eigenvalue weighted by Crippen LogP contribution is -2.51. The number of para-hydroxylation sites is 2. The smallest absolute Gasteiger partial charge is 0.315 e. The summed E-state index contributed by atoms with van der Waals surface area (Å²) in [6.07, 6.45) is -0.674. The summed E-state index contributed by atoms with van der Waals surface area (Å²) in [5.41, 5.74) is 3.30. The Labute approximate surface area is 159 Å². The molecule has 1 aromatic rings. The Kier molecular flexibility index (Phi) is 4.90. The number of hydrazine groups is 1. The van der Waals surface area contributed by atoms with Crippen molar-refractivity contribution in [1.29, 1.82) is 0 Å². The molecule has 0 radical (unpaired) electrons. The van der Waals surface area contributed by atoms with Crippen LogP contribution in [0.25, 0.3) is 0 Å². The molecule has 8 nitrogen and oxygen atoms in total. The molecule has 2 amide bonds. The van der Waals surface area contributed by atoms with Gasteiger partial charge in [0.05, 0.1) is 0 Å². The first-order chi connectivity index (χ1) is 12.2. The third-order valence-electron chi connectivity index (χ3n) is 4.17. The first-order valence-corrected chi connectivity index (χ1v) is 8.51. The topological polar surface area (TPSA) is 103 Å². The molecular formula is C16H16Cl2N2O6. The van der Waals surface area contributed by atoms with Crippen molar-refractivity contribution in [2.75, 3.05) is 13.2 Å². The van der Waals surface area contributed by atoms with E-state index in [1.165, 1.54) is 0 Å². The number of rotatable bonds is 4. The van der Waals surface area contributed by atoms with Gasteiger partial charge in [0.1, 0.15) is 16.4 Å². The van der Waals surface area contributed by atoms with Crippen LogP contribution in [0.4, 0.5) is 0 Å². The third kappa shape index (κ3) is 3.66. The highest BCUT2D eigenvalue weighted by molar-refractivity contribution is 6.53. The quantitative estimate of drug-likeness (QED) is 0.444. The molecule has 0 bridgehead atoms. The minimum Gasteiger partial charge on any atom is -0.485 e. The van der Waals surface area contributed by atoms with Crippen molar-refractivity contribution in [2.24, 2.45) is 5.41 Å². The third-order valence-corrected chi connectivity index (χ3v) is 5.27. The molecule has 1 aromatic carbocycles. The number of hydrogen-bond donors (Lipinski definition) is 2. The van der Waals surface area contributed by atoms with Crippen LogP contribution in [0, 0.1) is 5.41 Å². The van der Waals surface area contributed by atoms with Crippen molar-refractivity contribution >= 4 is 41.0 Å². The molecule has 140 valence electrons. The molecule has 2 atom stereocenters. The van der Waals surface area contributed by atoms with Crippen LogP contribution in [0.15, 0.2) is 24.3 Å². The van der Waals surface area contributed by atoms with Crippen LogP contribution in [-0.4, -0.2) is 41.4 Å². The summed E-state index contributed by atoms with van der Waals surface area (Å²) in [5.74, 6) is -1.03. The molecule has 1 aliphatic heterocycles. The van der Waals surface area contributed by atoms with Gasteiger partial charge in [-0.25, -0.2) is 0 Å². The fourth-order valence-corrected chi connectivity index (χ4v) is 3.00. The monoisotopic (exact) mass is 402 g/mol. The zero-order valence-corrected chi connectivity index (χ0v) is 15.2. The molecule has 0 saturated heterocycles. The normalized spacial score (nSPS) is 25.0. The lowest BCUT2D eigenvalue weighted by Gasteiger charge is -2.25. The molecule has 1 heterocycles. The van der Waals surface area contributed by atoms with E-state index >= 15 is 0 Å². The van der Waals surface area contributed by atoms with E-state index in [2.05, 4.69) is 10.9 Å². The fourth-order valence-electron chi connectivity index (χ4n) is 2.31. The van der Waals surface area contributed by atoms with Crippen molar-refractivity contribution in [1.82, 2.24) is 10.9 Å². The summed E-state index contributed by atoms with van der Waals surface area (Å²) in [7, 11) is 0. The zero-order valence-electron chi connectivity index (χ0n) is 13.7. The van der Waals surface area contributed by atoms with E-state index in [0.717, 1.165) is 0 Å². The fraction of sp³-hybridized carbons (Fsp3) is 0.438. The number of esters is 1. The van der Waals surface area contributed by atoms with Crippen molar-refractivity contribution in [3.8, 4) is 11.5 Å². The largest absolute Gasteiger partial charge is 0.485 e. The molecule has 26 heavy (non-hydrogen) atoms. The van der Waals surface area contributed by atoms with Crippen molar-refractivity contribution in [3.05, 3.63) is 24.3 Å². The molecule has 1 saturated carbocycles. The Hall–Kier alpha value is -2.19. The second-order valence-corrected chi connectivity index (χ2v) is 7.68. The molecule has 2 N–H and O–H groups in total. The summed E-state index contributed by atoms with van der Waals surface area (Å²) in [6.45, 7) is 0.969. The molecule has 0 aromatic heterocycles. The van der Waals surface area contributed by atoms with Gasteiger partial charge in [-0.05, 0) is 19.1 Å². The Balaban J connectivity index is 1.41. The maximum Gasteiger partial charge on any atom is 0.315 e. The number of halogens is 2. The van der Waals surface area contributed by atoms with E-state index in [1.807, 2.05) is 0 Å². The minimum atomic E-state index is -1.18. The average molecular weight is 403 g/mol. The van der Waals surface area contributed by atoms with Gasteiger partial charge in [0.15, 0.2) is 18.1 Å². The summed E-state index contributed by atoms with van der Waals surface area (Å²) in [6, 6.07) is 6.91. The van der Waals surface area contributed by atoms with E-state index in [0.29, 0.717) is 11.5 Å². The van der Waals surface area contributed by atoms with Crippen LogP contribution < -0.4 is 20.3 Å². The maximum absolute atomic E-state index is 12.0. The number of carbonyl (C=O) groups excluding carboxylic acids is 3. The summed E-state index contributed by atoms with van der Waals surface area (Å²) >= 11 is 11.7. The molecular weight excluding hydrogens is 387 g/mol. The van der Waals surface area contributed by atoms with E-state index in [4.69, 9.17) is 37.4 Å². The van der Waals surface area contributed by atoms with Gasteiger partial charge in [0.2, 0.25) is 6.10 Å². The molecule has 3 rings (SSSR count). The Morgan fingerprint density at radius 2 is 1.88 bits per heavy atom. The van der Waals surface area contributed by atoms with Crippen LogP contribution in [-0.2, 0) is 19.1 Å². The maximum atomic E-state index is 12.0. The van der Waals surface area contributed by atoms with Gasteiger partial charge in [0.25, 0.3) is 11.8 Å². The van der Waals surface area contributed by atoms with E-state index in [-0.39, 0.29) is 13.0 Å². The van der Waals surface area contributed by atoms with E-state index < -0.39 is 40.2 Å². The number of carbonyl (C=O) groups is 3. The second kappa shape index (κ2) is 6.85. The Morgan fingerprint density at radius 3 is 2.54 bits per heavy atom. The summed E-state index contributed by atoms with van der Waals surface area (Å²) in [5, 5.41) is 0. The standard InChI is InChI=1S/C16H16Cl2N2O6/c1-15(8-16(15,17)18)14(23)25-7-12(21)19-20-13(22)11-6-24-9-4-2-3-5-10(9)26-11/h2-5,11H,6-8H2,1H3,(H,19,21)(H,20,22)/t11-,15-/m0/s1. The van der Waals surface area contributed by atoms with Crippen molar-refractivity contribution in [3.63, 3.8) is 0 Å². The second-order valence-electron chi connectivity index (χ2n) is 6.19. The van der Waals surface area contributed by atoms with Gasteiger partial charge < -0.3 is 14.2 Å². The zero-order chi connectivity index (χ0) is 18.9. The van der Waals surface area contributed by atoms with Gasteiger partial charge in [-0.15, -0.1) is 23.2 Å². The Bertz CT molecular complexity index is 756. The van der Waals surface area contributed by atoms with E-state index in [1.54, 1.807) is 31.2 Å². The van der Waals surface area contributed by atoms with Gasteiger partial charge in [-0.3, -0.25) is 25.2 Å². The molecule has 1 fully saturated rings. The average Bonchev–Trinajstić information content (AvgIpc) is 3.16. The van der Waals surface area contributed by atoms with Crippen LogP contribution in [0.3, 0.4) is 0 Å². The number of alkyl halides is 2. The predicted octanol–water partition coefficient (Wildman–Crippen LogP) is 1.10. The molecule has 10 heteroatoms. The van der Waals surface area contributed by atoms with E-state index in [9.17, 15) is 14.4 Å². The van der Waals surface area contributed by atoms with Gasteiger partial charge >= 0.3 is 5.97 Å². The summed E-state index contributed by atoms with van der Waals surface area (Å²) in [4.78, 5) is 35.6. The number of ether oxygens (including phenoxy) is 3. The molecule has 0 spiro atoms. The first-order valence-electron chi connectivity index (χ1n) is 7.75. The number of amides is 2. The number of nitrogens with one attached hydrogen (secondary N) is 2. The Morgan fingerprint density at radius 1 is 1.23 bits per heavy atom. The molecule has 2 aliphatic rings. The van der Waals surface area contributed by atoms with Gasteiger partial charge in [0, 0.05) is 6.42 Å². The van der Waals surface area contributed by atoms with Crippen LogP contribution >= 0.6 is 23.2 Å². The highest BCUT2D eigenvalue weighted by atomic mass is 35.5. The highest BCUT2D eigenvalue weighted by Gasteiger charge is 2.69. The summed E-state index contributed by atoms with van der Waals surface area (Å²) < 4.78 is 14.6. The highest BCUT2D eigenvalue weighted by Crippen LogP contribution is 2.64. The lowest BCUT2D eigenvalue weighted by atomic mass is 10.1. The predicted molar refractivity (Wildman–Crippen MR) is 90.8 cm³/mol. The van der Waals surface area contributed by atoms with Crippen LogP contribution in [0.2, 0.25) is 0 Å². The van der Waals surface area contributed by atoms with Gasteiger partial charge in [-0.2, -0.15) is 0 Å². The number of fused-ring (bicyclic) bond motifs is 1. The lowest BCUT2D eigenvalue weighted by molar-refractivity contribution is -0.154. The molecule has 1 aliphatic carbocycles. The van der Waals surface area contributed by atoms with Crippen LogP contribution in [0.1, 0.15) is 13.3 Å². The van der Waals surface area contributed by atoms with Crippen LogP contribution in [0.5, 0.6) is 11.5 Å². The molecule has 0 unspecified atom stereocenters. The number of benzene rings is 1. The van der Waals surface area contributed by atoms with Gasteiger partial charge in [-0.1, -0.05) is 12.1 Å². The minimum absolute atomic E-state index is 0.000412. The first kappa shape index (κ1) is 18.6. The van der Waals surface area contributed by atoms with Crippen molar-refractivity contribution < 1.29 is 28.6 Å². The number of hydrogen-bond acceptors (Lipinski definition) is 6.